The van der Waals surface area contributed by atoms with Gasteiger partial charge in [-0.15, -0.1) is 0 Å². The minimum absolute atomic E-state index is 0. The quantitative estimate of drug-likeness (QED) is 0.0331. The van der Waals surface area contributed by atoms with Crippen LogP contribution in [0.1, 0.15) is 491 Å². The van der Waals surface area contributed by atoms with Crippen LogP contribution in [0.25, 0.3) is 0 Å². The summed E-state index contributed by atoms with van der Waals surface area (Å²) >= 11 is 0. The molecule has 0 amide bonds. The van der Waals surface area contributed by atoms with E-state index in [0.29, 0.717) is 98.4 Å². The molecule has 20 nitrogen and oxygen atoms in total. The molecule has 22 aliphatic rings. The lowest BCUT2D eigenvalue weighted by Gasteiger charge is -2.62. The highest BCUT2D eigenvalue weighted by molar-refractivity contribution is 5.83. The van der Waals surface area contributed by atoms with Crippen molar-refractivity contribution in [2.75, 3.05) is 20.0 Å². The lowest BCUT2D eigenvalue weighted by atomic mass is 9.47. The maximum atomic E-state index is 13.3. The molecule has 1 saturated heterocycles. The first-order valence-electron chi connectivity index (χ1n) is 50.3. The third kappa shape index (κ3) is 28.6. The van der Waals surface area contributed by atoms with Crippen molar-refractivity contribution in [2.45, 2.75) is 543 Å². The zero-order valence-corrected chi connectivity index (χ0v) is 81.1. The van der Waals surface area contributed by atoms with Crippen LogP contribution in [0.3, 0.4) is 0 Å². The first-order valence-corrected chi connectivity index (χ1v) is 50.3. The highest BCUT2D eigenvalue weighted by atomic mass is 16.7. The van der Waals surface area contributed by atoms with Crippen LogP contribution in [0.4, 0.5) is 0 Å². The van der Waals surface area contributed by atoms with Gasteiger partial charge in [-0.1, -0.05) is 158 Å². The molecule has 1 aliphatic heterocycles. The summed E-state index contributed by atoms with van der Waals surface area (Å²) in [7, 11) is 0. The van der Waals surface area contributed by atoms with Crippen LogP contribution in [-0.4, -0.2) is 134 Å². The Morgan fingerprint density at radius 2 is 0.743 bits per heavy atom. The molecule has 802 valence electrons. The Balaban J connectivity index is 0.00000162. The Morgan fingerprint density at radius 1 is 0.382 bits per heavy atom. The Labute approximate surface area is 834 Å². The minimum atomic E-state index is -0.842. The maximum Gasteiger partial charge on any atom is 0.347 e. The number of aliphatic hydroxyl groups is 3. The highest BCUT2D eigenvalue weighted by Gasteiger charge is 2.67. The fraction of sp³-hybridized carbons (Fsp3) is 0.931. The molecule has 22 rings (SSSR count). The molecule has 21 saturated carbocycles. The summed E-state index contributed by atoms with van der Waals surface area (Å²) in [6.45, 7) is 43.2. The number of rotatable bonds is 25. The van der Waals surface area contributed by atoms with Crippen LogP contribution in [0, 0.1) is 133 Å². The van der Waals surface area contributed by atoms with Crippen LogP contribution >= 0.6 is 0 Å². The molecule has 20 bridgehead atoms. The fourth-order valence-corrected chi connectivity index (χ4v) is 28.0. The van der Waals surface area contributed by atoms with Crippen LogP contribution in [-0.2, 0) is 81.0 Å². The number of hydrogen-bond acceptors (Lipinski definition) is 20. The summed E-state index contributed by atoms with van der Waals surface area (Å²) in [5.41, 5.74) is -6.52. The van der Waals surface area contributed by atoms with Gasteiger partial charge >= 0.3 is 47.8 Å². The van der Waals surface area contributed by atoms with Gasteiger partial charge in [-0.05, 0) is 396 Å². The van der Waals surface area contributed by atoms with Gasteiger partial charge in [0, 0.05) is 32.1 Å². The molecule has 7 unspecified atom stereocenters. The lowest BCUT2D eigenvalue weighted by Crippen LogP contribution is -2.67. The topological polar surface area (TPSA) is 280 Å². The van der Waals surface area contributed by atoms with Crippen LogP contribution in [0.2, 0.25) is 0 Å². The second kappa shape index (κ2) is 49.9. The SMILES string of the molecule is C.C.C.C.C.C.C.C.C.C.C.C.CCC(C)(C)C(=O)OC1(C(C)C)C2CC3CC(C2)CC1C3.CCC(C)(C)C(=O)OC12CC3CC(CC(O)(C3)C1)C2.CCC(C)(C)C(=O)OC12CC3CC(O)(CC(O)(C3)C1)C2.CCC(C)(C)C(=O)OC1C2CC3CC1CC(C(=O)OCOCC1C4CC5CC(C4)CC1C5)(C3)C2.CCC(C)(C)C(=O)OC1CCOC1=O.CCC1(OC(=O)C(C)(C)CC)CCCCC1. The molecule has 0 aromatic rings. The van der Waals surface area contributed by atoms with Gasteiger partial charge in [0.15, 0.2) is 6.79 Å². The number of carbonyl (C=O) groups excluding carboxylic acids is 8. The molecule has 0 aromatic carbocycles. The maximum absolute atomic E-state index is 13.3. The third-order valence-corrected chi connectivity index (χ3v) is 36.5. The Hall–Kier alpha value is -4.40. The van der Waals surface area contributed by atoms with Crippen molar-refractivity contribution in [1.82, 2.24) is 0 Å². The molecule has 21 aliphatic carbocycles. The second-order valence-corrected chi connectivity index (χ2v) is 48.9. The summed E-state index contributed by atoms with van der Waals surface area (Å²) in [5, 5.41) is 32.0. The summed E-state index contributed by atoms with van der Waals surface area (Å²) in [6.07, 6.45) is 38.9. The molecule has 0 radical (unpaired) electrons. The number of hydrogen-bond donors (Lipinski definition) is 3. The van der Waals surface area contributed by atoms with E-state index in [4.69, 9.17) is 42.6 Å². The number of cyclic esters (lactones) is 1. The van der Waals surface area contributed by atoms with Crippen LogP contribution in [0.15, 0.2) is 0 Å². The molecule has 1 heterocycles. The van der Waals surface area contributed by atoms with Crippen molar-refractivity contribution < 1.29 is 96.3 Å². The van der Waals surface area contributed by atoms with Crippen molar-refractivity contribution in [1.29, 1.82) is 0 Å². The largest absolute Gasteiger partial charge is 0.463 e. The normalized spacial score (nSPS) is 35.7. The third-order valence-electron chi connectivity index (χ3n) is 36.5. The van der Waals surface area contributed by atoms with Gasteiger partial charge in [-0.25, -0.2) is 4.79 Å². The molecule has 0 spiro atoms. The molecule has 136 heavy (non-hydrogen) atoms. The van der Waals surface area contributed by atoms with E-state index in [1.807, 2.05) is 104 Å². The Morgan fingerprint density at radius 3 is 1.13 bits per heavy atom. The zero-order chi connectivity index (χ0) is 90.8. The predicted molar refractivity (Wildman–Crippen MR) is 555 cm³/mol. The molecule has 20 heteroatoms. The smallest absolute Gasteiger partial charge is 0.347 e. The van der Waals surface area contributed by atoms with Gasteiger partial charge in [0.2, 0.25) is 6.10 Å². The van der Waals surface area contributed by atoms with E-state index >= 15 is 0 Å². The monoisotopic (exact) mass is 1930 g/mol. The number of carbonyl (C=O) groups is 8. The van der Waals surface area contributed by atoms with E-state index < -0.39 is 56.1 Å². The molecule has 7 atom stereocenters. The molecule has 22 fully saturated rings. The summed E-state index contributed by atoms with van der Waals surface area (Å²) in [6, 6.07) is 0. The summed E-state index contributed by atoms with van der Waals surface area (Å²) in [5.74, 6) is 9.19. The van der Waals surface area contributed by atoms with E-state index in [9.17, 15) is 53.7 Å². The van der Waals surface area contributed by atoms with Crippen molar-refractivity contribution in [3.63, 3.8) is 0 Å². The standard InChI is InChI=1S/C29H44O5.C19H32O2.C16H26O4.C16H26O3.C14H26O2.C10H16O4.12CH4/c1-4-28(2,3)26(30)34-25-22-10-19-11-23(25)14-29(12-19,13-22)27(31)33-16-32-15-24-20-6-17-5-18(8-20)9-21(24)7-17;1-6-18(4,5)17(20)21-19(12(2)3)15-8-13-7-14(10-15)11-16(19)9-13;1-4-13(2,3)12(17)20-16-7-11-5-14(18,9-16)8-15(19,6-11)10-16;1-4-14(2,3)13(17)19-16-8-11-5-12(9-16)7-15(18,6-11)10-16;1-5-13(3,4)12(15)16-14(6-2)10-8-7-9-11-14;1-4-10(2,3)9(12)14-7-5-6-13-8(7)11;;;;;;;;;;;;/h17-25H,4-16H2,1-3H3;12-16H,6-11H2,1-5H3;11,18-19H,4-10H2,1-3H3;11-12,18H,4-10H2,1-3H3;5-11H2,1-4H3;7H,4-6H2,1-3H3;12*1H4. The molecule has 3 N–H and O–H groups in total. The van der Waals surface area contributed by atoms with Gasteiger partial charge < -0.3 is 58.0 Å². The molecular formula is C116H218O20. The zero-order valence-electron chi connectivity index (χ0n) is 81.1. The van der Waals surface area contributed by atoms with Crippen molar-refractivity contribution in [3.8, 4) is 0 Å². The predicted octanol–water partition coefficient (Wildman–Crippen LogP) is 28.8. The fourth-order valence-electron chi connectivity index (χ4n) is 28.0. The van der Waals surface area contributed by atoms with Gasteiger partial charge in [-0.3, -0.25) is 33.6 Å². The average molecular weight is 1930 g/mol. The van der Waals surface area contributed by atoms with Gasteiger partial charge in [0.1, 0.15) is 28.5 Å². The number of ether oxygens (including phenoxy) is 9. The van der Waals surface area contributed by atoms with Gasteiger partial charge in [-0.2, -0.15) is 0 Å². The molecule has 0 aromatic heterocycles. The van der Waals surface area contributed by atoms with Gasteiger partial charge in [0.05, 0.1) is 67.9 Å². The van der Waals surface area contributed by atoms with Crippen LogP contribution < -0.4 is 0 Å². The number of esters is 8. The first-order chi connectivity index (χ1) is 57.8. The van der Waals surface area contributed by atoms with Gasteiger partial charge in [0.25, 0.3) is 0 Å². The van der Waals surface area contributed by atoms with E-state index in [0.717, 1.165) is 171 Å². The molecular weight excluding hydrogens is 1710 g/mol. The van der Waals surface area contributed by atoms with Crippen LogP contribution in [0.5, 0.6) is 0 Å². The highest BCUT2D eigenvalue weighted by Crippen LogP contribution is 2.66. The van der Waals surface area contributed by atoms with Crippen molar-refractivity contribution in [3.05, 3.63) is 0 Å². The second-order valence-electron chi connectivity index (χ2n) is 48.9. The summed E-state index contributed by atoms with van der Waals surface area (Å²) < 4.78 is 51.7. The van der Waals surface area contributed by atoms with E-state index in [-0.39, 0.29) is 183 Å². The average Bonchev–Trinajstić information content (AvgIpc) is 0.719. The minimum Gasteiger partial charge on any atom is -0.463 e. The van der Waals surface area contributed by atoms with Crippen molar-refractivity contribution in [2.24, 2.45) is 133 Å². The Bertz CT molecular complexity index is 3650. The summed E-state index contributed by atoms with van der Waals surface area (Å²) in [4.78, 5) is 98.3. The lowest BCUT2D eigenvalue weighted by molar-refractivity contribution is -0.264. The Kier molecular flexibility index (Phi) is 48.3. The van der Waals surface area contributed by atoms with E-state index in [2.05, 4.69) is 27.7 Å². The van der Waals surface area contributed by atoms with Crippen molar-refractivity contribution >= 4 is 47.8 Å². The van der Waals surface area contributed by atoms with E-state index in [1.54, 1.807) is 13.8 Å². The first kappa shape index (κ1) is 132. The van der Waals surface area contributed by atoms with E-state index in [1.165, 1.54) is 89.9 Å².